The topological polar surface area (TPSA) is 91.4 Å². The minimum absolute atomic E-state index is 0.0377. The van der Waals surface area contributed by atoms with Crippen LogP contribution in [0, 0.1) is 17.8 Å². The number of hydrogen-bond acceptors (Lipinski definition) is 7. The Balaban J connectivity index is 1.74. The smallest absolute Gasteiger partial charge is 0.457 e. The zero-order valence-corrected chi connectivity index (χ0v) is 20.7. The van der Waals surface area contributed by atoms with Gasteiger partial charge in [-0.15, -0.1) is 0 Å². The van der Waals surface area contributed by atoms with Crippen LogP contribution >= 0.6 is 7.82 Å². The number of ether oxygens (including phenoxy) is 1. The van der Waals surface area contributed by atoms with Gasteiger partial charge in [0.05, 0.1) is 12.0 Å². The fraction of sp³-hybridized carbons (Fsp3) is 0.308. The second kappa shape index (κ2) is 10.0. The highest BCUT2D eigenvalue weighted by Gasteiger charge is 2.61. The Bertz CT molecular complexity index is 1130. The van der Waals surface area contributed by atoms with Gasteiger partial charge in [0, 0.05) is 5.92 Å². The van der Waals surface area contributed by atoms with Gasteiger partial charge < -0.3 is 18.3 Å². The molecule has 1 saturated heterocycles. The number of para-hydroxylation sites is 2. The molecule has 2 aromatic rings. The molecular weight excluding hydrogens is 469 g/mol. The van der Waals surface area contributed by atoms with Crippen molar-refractivity contribution in [1.29, 1.82) is 0 Å². The van der Waals surface area contributed by atoms with Gasteiger partial charge in [-0.3, -0.25) is 9.69 Å². The third-order valence-corrected chi connectivity index (χ3v) is 7.25. The van der Waals surface area contributed by atoms with E-state index in [0.29, 0.717) is 0 Å². The van der Waals surface area contributed by atoms with Gasteiger partial charge >= 0.3 is 13.8 Å². The van der Waals surface area contributed by atoms with Gasteiger partial charge in [-0.25, -0.2) is 4.79 Å². The summed E-state index contributed by atoms with van der Waals surface area (Å²) in [5.41, 5.74) is -0.0835. The van der Waals surface area contributed by atoms with E-state index in [4.69, 9.17) is 18.3 Å². The molecular formula is C26H28NO7P. The van der Waals surface area contributed by atoms with E-state index in [9.17, 15) is 14.2 Å². The Morgan fingerprint density at radius 1 is 1.03 bits per heavy atom. The second-order valence-electron chi connectivity index (χ2n) is 8.70. The van der Waals surface area contributed by atoms with Gasteiger partial charge in [-0.2, -0.15) is 4.57 Å². The second-order valence-corrected chi connectivity index (χ2v) is 10.1. The maximum absolute atomic E-state index is 14.0. The third-order valence-electron chi connectivity index (χ3n) is 5.96. The molecule has 0 aliphatic carbocycles. The number of β-lactam (4-membered cyclic amide) rings is 1. The fourth-order valence-electron chi connectivity index (χ4n) is 4.42. The summed E-state index contributed by atoms with van der Waals surface area (Å²) in [5, 5.41) is 0. The minimum atomic E-state index is -4.36. The maximum Gasteiger partial charge on any atom is 0.646 e. The number of esters is 1. The number of amides is 1. The number of nitrogens with zero attached hydrogens (tertiary/aromatic N) is 1. The van der Waals surface area contributed by atoms with E-state index >= 15 is 0 Å². The van der Waals surface area contributed by atoms with Gasteiger partial charge in [0.15, 0.2) is 5.70 Å². The summed E-state index contributed by atoms with van der Waals surface area (Å²) in [6, 6.07) is 16.6. The van der Waals surface area contributed by atoms with Gasteiger partial charge in [-0.1, -0.05) is 69.8 Å². The van der Waals surface area contributed by atoms with E-state index in [1.807, 2.05) is 20.8 Å². The number of benzene rings is 2. The van der Waals surface area contributed by atoms with Crippen LogP contribution in [0.4, 0.5) is 0 Å². The maximum atomic E-state index is 14.0. The molecule has 9 heteroatoms. The van der Waals surface area contributed by atoms with E-state index in [1.165, 1.54) is 11.0 Å². The highest BCUT2D eigenvalue weighted by molar-refractivity contribution is 7.49. The van der Waals surface area contributed by atoms with Crippen LogP contribution in [0.15, 0.2) is 84.8 Å². The van der Waals surface area contributed by atoms with Gasteiger partial charge in [0.2, 0.25) is 5.91 Å². The summed E-state index contributed by atoms with van der Waals surface area (Å²) in [4.78, 5) is 27.4. The molecule has 0 bridgehead atoms. The minimum Gasteiger partial charge on any atom is -0.457 e. The normalized spacial score (nSPS) is 21.3. The van der Waals surface area contributed by atoms with Crippen molar-refractivity contribution in [3.05, 3.63) is 84.8 Å². The van der Waals surface area contributed by atoms with Crippen LogP contribution in [0.1, 0.15) is 20.8 Å². The first-order valence-corrected chi connectivity index (χ1v) is 12.9. The molecule has 1 fully saturated rings. The standard InChI is InChI=1S/C26H28NO7P/c1-5-16-31-26(29)23-24(18(4)22-21(17(2)3)25(28)27(22)23)34-35(30,32-19-12-8-6-9-13-19)33-20-14-10-7-11-15-20/h5-15,17-18,21-22H,1,16H2,2-4H3/t18-,21-,22-/m1/s1. The van der Waals surface area contributed by atoms with E-state index in [0.717, 1.165) is 0 Å². The molecule has 2 aromatic carbocycles. The number of phosphoric ester groups is 1. The molecule has 0 spiro atoms. The lowest BCUT2D eigenvalue weighted by atomic mass is 9.75. The van der Waals surface area contributed by atoms with Crippen LogP contribution in [-0.2, 0) is 23.4 Å². The van der Waals surface area contributed by atoms with Crippen molar-refractivity contribution in [2.24, 2.45) is 17.8 Å². The van der Waals surface area contributed by atoms with Crippen LogP contribution in [-0.4, -0.2) is 29.4 Å². The van der Waals surface area contributed by atoms with Crippen molar-refractivity contribution in [2.75, 3.05) is 6.61 Å². The summed E-state index contributed by atoms with van der Waals surface area (Å²) >= 11 is 0. The van der Waals surface area contributed by atoms with Gasteiger partial charge in [0.1, 0.15) is 23.9 Å². The van der Waals surface area contributed by atoms with Crippen LogP contribution in [0.5, 0.6) is 11.5 Å². The zero-order chi connectivity index (χ0) is 25.2. The quantitative estimate of drug-likeness (QED) is 0.189. The Kier molecular flexibility index (Phi) is 7.03. The Morgan fingerprint density at radius 3 is 2.06 bits per heavy atom. The molecule has 8 nitrogen and oxygen atoms in total. The number of rotatable bonds is 10. The predicted octanol–water partition coefficient (Wildman–Crippen LogP) is 5.34. The first-order valence-electron chi connectivity index (χ1n) is 11.4. The lowest BCUT2D eigenvalue weighted by molar-refractivity contribution is -0.160. The molecule has 1 amide bonds. The summed E-state index contributed by atoms with van der Waals surface area (Å²) in [5.74, 6) is -1.13. The van der Waals surface area contributed by atoms with E-state index < -0.39 is 19.7 Å². The molecule has 0 unspecified atom stereocenters. The van der Waals surface area contributed by atoms with Crippen molar-refractivity contribution in [3.63, 3.8) is 0 Å². The molecule has 0 radical (unpaired) electrons. The summed E-state index contributed by atoms with van der Waals surface area (Å²) < 4.78 is 36.6. The Morgan fingerprint density at radius 2 is 1.57 bits per heavy atom. The number of hydrogen-bond donors (Lipinski definition) is 0. The van der Waals surface area contributed by atoms with Crippen molar-refractivity contribution < 1.29 is 32.5 Å². The van der Waals surface area contributed by atoms with Crippen LogP contribution in [0.3, 0.4) is 0 Å². The summed E-state index contributed by atoms with van der Waals surface area (Å²) in [6.07, 6.45) is 1.42. The predicted molar refractivity (Wildman–Crippen MR) is 129 cm³/mol. The van der Waals surface area contributed by atoms with Gasteiger partial charge in [0.25, 0.3) is 0 Å². The zero-order valence-electron chi connectivity index (χ0n) is 19.8. The molecule has 184 valence electrons. The Hall–Kier alpha value is -3.51. The number of fused-ring (bicyclic) bond motifs is 1. The monoisotopic (exact) mass is 497 g/mol. The van der Waals surface area contributed by atoms with Gasteiger partial charge in [-0.05, 0) is 30.2 Å². The highest BCUT2D eigenvalue weighted by atomic mass is 31.2. The SMILES string of the molecule is C=CCOC(=O)C1=C(OP(=O)(Oc2ccccc2)Oc2ccccc2)[C@H](C)[C@@H]2[C@@H](C(C)C)C(=O)N12. The van der Waals surface area contributed by atoms with Crippen molar-refractivity contribution in [2.45, 2.75) is 26.8 Å². The van der Waals surface area contributed by atoms with E-state index in [-0.39, 0.29) is 53.3 Å². The van der Waals surface area contributed by atoms with E-state index in [2.05, 4.69) is 6.58 Å². The molecule has 35 heavy (non-hydrogen) atoms. The van der Waals surface area contributed by atoms with E-state index in [1.54, 1.807) is 60.7 Å². The first-order chi connectivity index (χ1) is 16.8. The highest BCUT2D eigenvalue weighted by Crippen LogP contribution is 2.57. The summed E-state index contributed by atoms with van der Waals surface area (Å²) in [7, 11) is -4.36. The largest absolute Gasteiger partial charge is 0.646 e. The molecule has 0 aromatic heterocycles. The molecule has 4 rings (SSSR count). The number of phosphoric acid groups is 1. The average Bonchev–Trinajstić information content (AvgIpc) is 3.06. The van der Waals surface area contributed by atoms with Crippen LogP contribution in [0.25, 0.3) is 0 Å². The Labute approximate surface area is 204 Å². The van der Waals surface area contributed by atoms with Crippen LogP contribution < -0.4 is 9.05 Å². The lowest BCUT2D eigenvalue weighted by Crippen LogP contribution is -2.62. The van der Waals surface area contributed by atoms with Crippen molar-refractivity contribution in [1.82, 2.24) is 4.90 Å². The number of carbonyl (C=O) groups excluding carboxylic acids is 2. The average molecular weight is 497 g/mol. The number of carbonyl (C=O) groups is 2. The molecule has 2 heterocycles. The lowest BCUT2D eigenvalue weighted by Gasteiger charge is -2.46. The van der Waals surface area contributed by atoms with Crippen molar-refractivity contribution >= 4 is 19.7 Å². The third kappa shape index (κ3) is 4.84. The first kappa shape index (κ1) is 24.6. The van der Waals surface area contributed by atoms with Crippen molar-refractivity contribution in [3.8, 4) is 11.5 Å². The molecule has 0 saturated carbocycles. The van der Waals surface area contributed by atoms with Crippen LogP contribution in [0.2, 0.25) is 0 Å². The molecule has 3 atom stereocenters. The fourth-order valence-corrected chi connectivity index (χ4v) is 5.79. The molecule has 0 N–H and O–H groups in total. The molecule has 2 aliphatic rings. The molecule has 2 aliphatic heterocycles. The summed E-state index contributed by atoms with van der Waals surface area (Å²) in [6.45, 7) is 9.21.